The average molecular weight is 431 g/mol. The summed E-state index contributed by atoms with van der Waals surface area (Å²) >= 11 is 0. The smallest absolute Gasteiger partial charge is 0.257 e. The van der Waals surface area contributed by atoms with Crippen molar-refractivity contribution in [3.05, 3.63) is 107 Å². The van der Waals surface area contributed by atoms with E-state index in [2.05, 4.69) is 15.7 Å². The van der Waals surface area contributed by atoms with Gasteiger partial charge in [0, 0.05) is 36.0 Å². The second-order valence-corrected chi connectivity index (χ2v) is 6.89. The summed E-state index contributed by atoms with van der Waals surface area (Å²) in [5.41, 5.74) is 1.50. The van der Waals surface area contributed by atoms with Gasteiger partial charge in [-0.1, -0.05) is 6.07 Å². The fourth-order valence-corrected chi connectivity index (χ4v) is 3.03. The van der Waals surface area contributed by atoms with Crippen LogP contribution in [0, 0.1) is 5.82 Å². The first-order valence-electron chi connectivity index (χ1n) is 9.65. The summed E-state index contributed by atoms with van der Waals surface area (Å²) < 4.78 is 15.8. The zero-order chi connectivity index (χ0) is 22.5. The number of halogens is 1. The number of carbonyl (C=O) groups is 2. The highest BCUT2D eigenvalue weighted by atomic mass is 19.1. The third kappa shape index (κ3) is 4.96. The Bertz CT molecular complexity index is 1310. The molecule has 0 saturated carbocycles. The Kier molecular flexibility index (Phi) is 5.89. The number of rotatable bonds is 6. The van der Waals surface area contributed by atoms with Crippen LogP contribution < -0.4 is 16.2 Å². The molecule has 0 saturated heterocycles. The van der Waals surface area contributed by atoms with E-state index in [0.29, 0.717) is 11.4 Å². The Balaban J connectivity index is 1.46. The number of pyridine rings is 1. The molecule has 8 nitrogen and oxygen atoms in total. The highest BCUT2D eigenvalue weighted by Gasteiger charge is 2.11. The number of hydrogen-bond donors (Lipinski definition) is 2. The molecule has 0 atom stereocenters. The van der Waals surface area contributed by atoms with Crippen molar-refractivity contribution in [1.29, 1.82) is 0 Å². The Labute approximate surface area is 181 Å². The zero-order valence-electron chi connectivity index (χ0n) is 16.7. The molecule has 2 aromatic heterocycles. The van der Waals surface area contributed by atoms with E-state index < -0.39 is 23.2 Å². The fraction of sp³-hybridized carbons (Fsp3) is 0.0435. The van der Waals surface area contributed by atoms with Crippen LogP contribution in [0.2, 0.25) is 0 Å². The molecule has 0 unspecified atom stereocenters. The highest BCUT2D eigenvalue weighted by molar-refractivity contribution is 6.04. The number of nitrogens with zero attached hydrogens (tertiary/aromatic N) is 3. The summed E-state index contributed by atoms with van der Waals surface area (Å²) in [4.78, 5) is 37.1. The molecule has 0 aliphatic rings. The molecule has 4 aromatic rings. The van der Waals surface area contributed by atoms with Crippen molar-refractivity contribution in [3.8, 4) is 5.69 Å². The summed E-state index contributed by atoms with van der Waals surface area (Å²) in [7, 11) is 0. The van der Waals surface area contributed by atoms with Gasteiger partial charge in [0.05, 0.1) is 11.3 Å². The van der Waals surface area contributed by atoms with E-state index in [9.17, 15) is 18.8 Å². The molecule has 0 fully saturated rings. The predicted octanol–water partition coefficient (Wildman–Crippen LogP) is 3.06. The van der Waals surface area contributed by atoms with E-state index >= 15 is 0 Å². The van der Waals surface area contributed by atoms with Crippen LogP contribution in [0.3, 0.4) is 0 Å². The minimum absolute atomic E-state index is 0.212. The zero-order valence-corrected chi connectivity index (χ0v) is 16.7. The quantitative estimate of drug-likeness (QED) is 0.490. The largest absolute Gasteiger partial charge is 0.325 e. The van der Waals surface area contributed by atoms with Crippen molar-refractivity contribution in [2.75, 3.05) is 10.6 Å². The molecule has 9 heteroatoms. The van der Waals surface area contributed by atoms with Gasteiger partial charge >= 0.3 is 0 Å². The van der Waals surface area contributed by atoms with Crippen molar-refractivity contribution in [2.45, 2.75) is 6.54 Å². The lowest BCUT2D eigenvalue weighted by Gasteiger charge is -2.10. The number of amides is 2. The Hall–Kier alpha value is -4.53. The van der Waals surface area contributed by atoms with Crippen LogP contribution in [-0.4, -0.2) is 26.2 Å². The molecule has 0 bridgehead atoms. The molecule has 2 N–H and O–H groups in total. The second kappa shape index (κ2) is 9.09. The molecule has 2 aromatic carbocycles. The van der Waals surface area contributed by atoms with Crippen LogP contribution in [0.4, 0.5) is 15.8 Å². The molecule has 0 aliphatic carbocycles. The lowest BCUT2D eigenvalue weighted by Crippen LogP contribution is -2.28. The lowest BCUT2D eigenvalue weighted by molar-refractivity contribution is -0.116. The first-order valence-corrected chi connectivity index (χ1v) is 9.65. The molecule has 32 heavy (non-hydrogen) atoms. The van der Waals surface area contributed by atoms with Gasteiger partial charge < -0.3 is 15.2 Å². The second-order valence-electron chi connectivity index (χ2n) is 6.89. The van der Waals surface area contributed by atoms with E-state index in [0.717, 1.165) is 10.3 Å². The maximum absolute atomic E-state index is 13.0. The standard InChI is InChI=1S/C23H18FN5O3/c24-17-6-8-18(9-7-17)26-21(30)15-28-14-16(5-10-22(28)31)23(32)27-19-3-1-4-20(13-19)29-12-2-11-25-29/h1-14H,15H2,(H,26,30)(H,27,32). The summed E-state index contributed by atoms with van der Waals surface area (Å²) in [6.07, 6.45) is 4.76. The van der Waals surface area contributed by atoms with Gasteiger partial charge in [-0.05, 0) is 54.6 Å². The molecule has 0 spiro atoms. The Morgan fingerprint density at radius 2 is 1.75 bits per heavy atom. The van der Waals surface area contributed by atoms with Crippen LogP contribution >= 0.6 is 0 Å². The van der Waals surface area contributed by atoms with E-state index in [1.54, 1.807) is 41.3 Å². The van der Waals surface area contributed by atoms with Gasteiger partial charge in [0.15, 0.2) is 0 Å². The van der Waals surface area contributed by atoms with Crippen molar-refractivity contribution < 1.29 is 14.0 Å². The maximum Gasteiger partial charge on any atom is 0.257 e. The number of aromatic nitrogens is 3. The van der Waals surface area contributed by atoms with Gasteiger partial charge in [-0.15, -0.1) is 0 Å². The van der Waals surface area contributed by atoms with E-state index in [1.165, 1.54) is 42.6 Å². The number of nitrogens with one attached hydrogen (secondary N) is 2. The Morgan fingerprint density at radius 3 is 2.50 bits per heavy atom. The molecular weight excluding hydrogens is 413 g/mol. The van der Waals surface area contributed by atoms with Gasteiger partial charge in [-0.25, -0.2) is 9.07 Å². The number of carbonyl (C=O) groups excluding carboxylic acids is 2. The van der Waals surface area contributed by atoms with Crippen LogP contribution in [0.1, 0.15) is 10.4 Å². The van der Waals surface area contributed by atoms with Crippen molar-refractivity contribution in [1.82, 2.24) is 14.3 Å². The van der Waals surface area contributed by atoms with E-state index in [1.807, 2.05) is 6.07 Å². The van der Waals surface area contributed by atoms with Gasteiger partial charge in [0.25, 0.3) is 11.5 Å². The third-order valence-corrected chi connectivity index (χ3v) is 4.56. The van der Waals surface area contributed by atoms with Crippen LogP contribution in [-0.2, 0) is 11.3 Å². The van der Waals surface area contributed by atoms with Gasteiger partial charge in [-0.3, -0.25) is 14.4 Å². The third-order valence-electron chi connectivity index (χ3n) is 4.56. The van der Waals surface area contributed by atoms with E-state index in [4.69, 9.17) is 0 Å². The summed E-state index contributed by atoms with van der Waals surface area (Å²) in [5.74, 6) is -1.34. The molecule has 2 amide bonds. The van der Waals surface area contributed by atoms with Crippen LogP contribution in [0.5, 0.6) is 0 Å². The molecule has 0 radical (unpaired) electrons. The predicted molar refractivity (Wildman–Crippen MR) is 117 cm³/mol. The normalized spacial score (nSPS) is 10.5. The van der Waals surface area contributed by atoms with Gasteiger partial charge in [0.1, 0.15) is 12.4 Å². The molecular formula is C23H18FN5O3. The molecule has 160 valence electrons. The number of anilines is 2. The minimum atomic E-state index is -0.483. The average Bonchev–Trinajstić information content (AvgIpc) is 3.32. The fourth-order valence-electron chi connectivity index (χ4n) is 3.03. The van der Waals surface area contributed by atoms with Gasteiger partial charge in [0.2, 0.25) is 5.91 Å². The molecule has 0 aliphatic heterocycles. The van der Waals surface area contributed by atoms with Crippen LogP contribution in [0.15, 0.2) is 90.1 Å². The minimum Gasteiger partial charge on any atom is -0.325 e. The first kappa shape index (κ1) is 20.7. The maximum atomic E-state index is 13.0. The van der Waals surface area contributed by atoms with Crippen LogP contribution in [0.25, 0.3) is 5.69 Å². The topological polar surface area (TPSA) is 98.0 Å². The summed E-state index contributed by atoms with van der Waals surface area (Å²) in [5, 5.41) is 9.51. The van der Waals surface area contributed by atoms with E-state index in [-0.39, 0.29) is 12.1 Å². The number of hydrogen-bond acceptors (Lipinski definition) is 4. The highest BCUT2D eigenvalue weighted by Crippen LogP contribution is 2.15. The van der Waals surface area contributed by atoms with Crippen molar-refractivity contribution >= 4 is 23.2 Å². The summed E-state index contributed by atoms with van der Waals surface area (Å²) in [6.45, 7) is -0.299. The SMILES string of the molecule is O=C(Cn1cc(C(=O)Nc2cccc(-n3cccn3)c2)ccc1=O)Nc1ccc(F)cc1. The molecule has 4 rings (SSSR count). The van der Waals surface area contributed by atoms with Crippen molar-refractivity contribution in [3.63, 3.8) is 0 Å². The lowest BCUT2D eigenvalue weighted by atomic mass is 10.2. The first-order chi connectivity index (χ1) is 15.5. The molecule has 2 heterocycles. The van der Waals surface area contributed by atoms with Gasteiger partial charge in [-0.2, -0.15) is 5.10 Å². The number of benzene rings is 2. The van der Waals surface area contributed by atoms with Crippen molar-refractivity contribution in [2.24, 2.45) is 0 Å². The summed E-state index contributed by atoms with van der Waals surface area (Å²) in [6, 6.07) is 16.8. The monoisotopic (exact) mass is 431 g/mol. The Morgan fingerprint density at radius 1 is 0.938 bits per heavy atom.